The highest BCUT2D eigenvalue weighted by Crippen LogP contribution is 2.29. The number of halogens is 3. The van der Waals surface area contributed by atoms with Crippen molar-refractivity contribution in [2.24, 2.45) is 5.92 Å². The first kappa shape index (κ1) is 15.5. The molecular weight excluding hydrogens is 257 g/mol. The zero-order valence-corrected chi connectivity index (χ0v) is 10.8. The summed E-state index contributed by atoms with van der Waals surface area (Å²) in [7, 11) is 1.80. The van der Waals surface area contributed by atoms with Crippen LogP contribution in [0, 0.1) is 5.92 Å². The van der Waals surface area contributed by atoms with E-state index in [2.05, 4.69) is 10.6 Å². The zero-order chi connectivity index (χ0) is 14.5. The van der Waals surface area contributed by atoms with Crippen molar-refractivity contribution in [2.75, 3.05) is 20.1 Å². The van der Waals surface area contributed by atoms with E-state index < -0.39 is 17.6 Å². The van der Waals surface area contributed by atoms with Crippen molar-refractivity contribution in [3.63, 3.8) is 0 Å². The fraction of sp³-hybridized carbons (Fsp3) is 0.462. The fourth-order valence-electron chi connectivity index (χ4n) is 1.63. The zero-order valence-electron chi connectivity index (χ0n) is 10.8. The third-order valence-electron chi connectivity index (χ3n) is 2.62. The van der Waals surface area contributed by atoms with Crippen LogP contribution in [0.4, 0.5) is 13.2 Å². The number of hydrogen-bond donors (Lipinski definition) is 2. The molecule has 0 saturated carbocycles. The Hall–Kier alpha value is -1.56. The van der Waals surface area contributed by atoms with Gasteiger partial charge in [0.25, 0.3) is 5.91 Å². The molecule has 1 unspecified atom stereocenters. The van der Waals surface area contributed by atoms with E-state index in [-0.39, 0.29) is 11.5 Å². The van der Waals surface area contributed by atoms with E-state index in [4.69, 9.17) is 0 Å². The molecule has 2 N–H and O–H groups in total. The van der Waals surface area contributed by atoms with Crippen molar-refractivity contribution in [2.45, 2.75) is 13.1 Å². The average Bonchev–Trinajstić information content (AvgIpc) is 2.35. The Balaban J connectivity index is 2.67. The average molecular weight is 274 g/mol. The molecule has 1 rings (SSSR count). The van der Waals surface area contributed by atoms with E-state index in [1.807, 2.05) is 6.92 Å². The van der Waals surface area contributed by atoms with Crippen LogP contribution in [0.3, 0.4) is 0 Å². The van der Waals surface area contributed by atoms with E-state index in [0.717, 1.165) is 18.7 Å². The Bertz CT molecular complexity index is 432. The summed E-state index contributed by atoms with van der Waals surface area (Å²) in [5.74, 6) is -0.284. The van der Waals surface area contributed by atoms with Crippen LogP contribution in [0.2, 0.25) is 0 Å². The van der Waals surface area contributed by atoms with E-state index >= 15 is 0 Å². The van der Waals surface area contributed by atoms with Gasteiger partial charge in [0.15, 0.2) is 0 Å². The van der Waals surface area contributed by atoms with Gasteiger partial charge in [0, 0.05) is 12.1 Å². The molecule has 0 heterocycles. The number of amides is 1. The summed E-state index contributed by atoms with van der Waals surface area (Å²) < 4.78 is 37.5. The van der Waals surface area contributed by atoms with Crippen molar-refractivity contribution >= 4 is 5.91 Å². The topological polar surface area (TPSA) is 41.1 Å². The molecule has 0 bridgehead atoms. The second kappa shape index (κ2) is 6.56. The molecule has 1 aromatic carbocycles. The molecule has 0 aromatic heterocycles. The van der Waals surface area contributed by atoms with E-state index in [1.54, 1.807) is 7.05 Å². The summed E-state index contributed by atoms with van der Waals surface area (Å²) >= 11 is 0. The number of hydrogen-bond acceptors (Lipinski definition) is 2. The Morgan fingerprint density at radius 3 is 2.58 bits per heavy atom. The normalized spacial score (nSPS) is 13.1. The van der Waals surface area contributed by atoms with Gasteiger partial charge in [-0.2, -0.15) is 13.2 Å². The molecule has 6 heteroatoms. The number of benzene rings is 1. The maximum Gasteiger partial charge on any atom is 0.416 e. The summed E-state index contributed by atoms with van der Waals surface area (Å²) in [5, 5.41) is 5.58. The van der Waals surface area contributed by atoms with Gasteiger partial charge in [-0.3, -0.25) is 4.79 Å². The minimum Gasteiger partial charge on any atom is -0.352 e. The molecule has 1 atom stereocenters. The van der Waals surface area contributed by atoms with Crippen molar-refractivity contribution in [1.29, 1.82) is 0 Å². The van der Waals surface area contributed by atoms with E-state index in [0.29, 0.717) is 6.54 Å². The summed E-state index contributed by atoms with van der Waals surface area (Å²) in [6, 6.07) is 4.40. The van der Waals surface area contributed by atoms with Crippen LogP contribution in [0.5, 0.6) is 0 Å². The van der Waals surface area contributed by atoms with Gasteiger partial charge in [-0.15, -0.1) is 0 Å². The minimum atomic E-state index is -4.43. The van der Waals surface area contributed by atoms with Gasteiger partial charge in [0.1, 0.15) is 0 Å². The van der Waals surface area contributed by atoms with Gasteiger partial charge in [0.2, 0.25) is 0 Å². The minimum absolute atomic E-state index is 0.0199. The van der Waals surface area contributed by atoms with Crippen LogP contribution in [0.15, 0.2) is 24.3 Å². The number of nitrogens with one attached hydrogen (secondary N) is 2. The molecule has 0 aliphatic carbocycles. The number of alkyl halides is 3. The first-order chi connectivity index (χ1) is 8.84. The molecule has 3 nitrogen and oxygen atoms in total. The highest BCUT2D eigenvalue weighted by Gasteiger charge is 2.30. The SMILES string of the molecule is CNCC(C)CNC(=O)c1cccc(C(F)(F)F)c1. The number of rotatable bonds is 5. The summed E-state index contributed by atoms with van der Waals surface area (Å²) in [6.07, 6.45) is -4.43. The van der Waals surface area contributed by atoms with Crippen molar-refractivity contribution in [3.8, 4) is 0 Å². The Kier molecular flexibility index (Phi) is 5.35. The van der Waals surface area contributed by atoms with Crippen LogP contribution in [-0.4, -0.2) is 26.0 Å². The van der Waals surface area contributed by atoms with E-state index in [9.17, 15) is 18.0 Å². The molecule has 0 saturated heterocycles. The summed E-state index contributed by atoms with van der Waals surface area (Å²) in [6.45, 7) is 3.07. The lowest BCUT2D eigenvalue weighted by Gasteiger charge is -2.13. The second-order valence-electron chi connectivity index (χ2n) is 4.45. The Morgan fingerprint density at radius 1 is 1.32 bits per heavy atom. The first-order valence-corrected chi connectivity index (χ1v) is 5.94. The van der Waals surface area contributed by atoms with E-state index in [1.165, 1.54) is 12.1 Å². The van der Waals surface area contributed by atoms with Gasteiger partial charge in [-0.25, -0.2) is 0 Å². The lowest BCUT2D eigenvalue weighted by molar-refractivity contribution is -0.137. The first-order valence-electron chi connectivity index (χ1n) is 5.94. The molecule has 0 spiro atoms. The predicted octanol–water partition coefficient (Wildman–Crippen LogP) is 2.29. The number of carbonyl (C=O) groups excluding carboxylic acids is 1. The molecule has 1 aromatic rings. The second-order valence-corrected chi connectivity index (χ2v) is 4.45. The quantitative estimate of drug-likeness (QED) is 0.865. The van der Waals surface area contributed by atoms with Crippen molar-refractivity contribution < 1.29 is 18.0 Å². The molecular formula is C13H17F3N2O. The third-order valence-corrected chi connectivity index (χ3v) is 2.62. The fourth-order valence-corrected chi connectivity index (χ4v) is 1.63. The maximum absolute atomic E-state index is 12.5. The van der Waals surface area contributed by atoms with Crippen LogP contribution >= 0.6 is 0 Å². The molecule has 1 amide bonds. The molecule has 0 aliphatic rings. The standard InChI is InChI=1S/C13H17F3N2O/c1-9(7-17-2)8-18-12(19)10-4-3-5-11(6-10)13(14,15)16/h3-6,9,17H,7-8H2,1-2H3,(H,18,19). The third kappa shape index (κ3) is 4.90. The van der Waals surface area contributed by atoms with Crippen molar-refractivity contribution in [3.05, 3.63) is 35.4 Å². The van der Waals surface area contributed by atoms with Crippen LogP contribution in [0.25, 0.3) is 0 Å². The smallest absolute Gasteiger partial charge is 0.352 e. The highest BCUT2D eigenvalue weighted by molar-refractivity contribution is 5.94. The van der Waals surface area contributed by atoms with Gasteiger partial charge < -0.3 is 10.6 Å². The van der Waals surface area contributed by atoms with Crippen LogP contribution in [0.1, 0.15) is 22.8 Å². The van der Waals surface area contributed by atoms with Crippen LogP contribution in [-0.2, 0) is 6.18 Å². The maximum atomic E-state index is 12.5. The monoisotopic (exact) mass is 274 g/mol. The molecule has 19 heavy (non-hydrogen) atoms. The largest absolute Gasteiger partial charge is 0.416 e. The van der Waals surface area contributed by atoms with Gasteiger partial charge in [-0.05, 0) is 37.7 Å². The molecule has 106 valence electrons. The molecule has 0 radical (unpaired) electrons. The lowest BCUT2D eigenvalue weighted by Crippen LogP contribution is -2.32. The molecule has 0 fully saturated rings. The summed E-state index contributed by atoms with van der Waals surface area (Å²) in [5.41, 5.74) is -0.796. The van der Waals surface area contributed by atoms with Crippen molar-refractivity contribution in [1.82, 2.24) is 10.6 Å². The predicted molar refractivity (Wildman–Crippen MR) is 66.9 cm³/mol. The van der Waals surface area contributed by atoms with Gasteiger partial charge in [0.05, 0.1) is 5.56 Å². The lowest BCUT2D eigenvalue weighted by atomic mass is 10.1. The van der Waals surface area contributed by atoms with Gasteiger partial charge >= 0.3 is 6.18 Å². The highest BCUT2D eigenvalue weighted by atomic mass is 19.4. The Morgan fingerprint density at radius 2 is 2.00 bits per heavy atom. The Labute approximate surface area is 110 Å². The molecule has 0 aliphatic heterocycles. The summed E-state index contributed by atoms with van der Waals surface area (Å²) in [4.78, 5) is 11.7. The van der Waals surface area contributed by atoms with Crippen LogP contribution < -0.4 is 10.6 Å². The number of carbonyl (C=O) groups is 1. The van der Waals surface area contributed by atoms with Gasteiger partial charge in [-0.1, -0.05) is 13.0 Å².